The van der Waals surface area contributed by atoms with E-state index in [1.807, 2.05) is 25.1 Å². The van der Waals surface area contributed by atoms with Crippen molar-refractivity contribution in [2.75, 3.05) is 20.3 Å². The minimum Gasteiger partial charge on any atom is -0.493 e. The highest BCUT2D eigenvalue weighted by atomic mass is 16.5. The molecule has 1 atom stereocenters. The maximum Gasteiger partial charge on any atom is 0.161 e. The Labute approximate surface area is 115 Å². The monoisotopic (exact) mass is 267 g/mol. The Hall–Kier alpha value is -1.26. The van der Waals surface area contributed by atoms with Gasteiger partial charge in [0.25, 0.3) is 0 Å². The number of hydrogen-bond acceptors (Lipinski definition) is 4. The largest absolute Gasteiger partial charge is 0.493 e. The summed E-state index contributed by atoms with van der Waals surface area (Å²) in [6, 6.07) is 5.85. The van der Waals surface area contributed by atoms with Gasteiger partial charge in [-0.3, -0.25) is 0 Å². The minimum absolute atomic E-state index is 0.254. The summed E-state index contributed by atoms with van der Waals surface area (Å²) in [5, 5.41) is 13.2. The van der Waals surface area contributed by atoms with Gasteiger partial charge in [-0.2, -0.15) is 0 Å². The van der Waals surface area contributed by atoms with Crippen molar-refractivity contribution in [3.8, 4) is 11.5 Å². The van der Waals surface area contributed by atoms with Crippen molar-refractivity contribution < 1.29 is 14.6 Å². The van der Waals surface area contributed by atoms with Crippen molar-refractivity contribution in [2.45, 2.75) is 39.3 Å². The van der Waals surface area contributed by atoms with Crippen LogP contribution in [0.2, 0.25) is 0 Å². The minimum atomic E-state index is -0.817. The fourth-order valence-corrected chi connectivity index (χ4v) is 1.55. The summed E-state index contributed by atoms with van der Waals surface area (Å²) in [6.45, 7) is 7.74. The van der Waals surface area contributed by atoms with Gasteiger partial charge in [0.15, 0.2) is 11.5 Å². The van der Waals surface area contributed by atoms with Gasteiger partial charge in [-0.25, -0.2) is 0 Å². The molecular formula is C15H25NO3. The van der Waals surface area contributed by atoms with Gasteiger partial charge in [-0.05, 0) is 37.6 Å². The molecule has 0 bridgehead atoms. The molecule has 1 rings (SSSR count). The van der Waals surface area contributed by atoms with E-state index in [1.54, 1.807) is 14.0 Å². The average Bonchev–Trinajstić information content (AvgIpc) is 2.43. The highest BCUT2D eigenvalue weighted by molar-refractivity contribution is 5.43. The summed E-state index contributed by atoms with van der Waals surface area (Å²) in [5.74, 6) is 1.36. The lowest BCUT2D eigenvalue weighted by molar-refractivity contribution is 0.00773. The third-order valence-electron chi connectivity index (χ3n) is 3.11. The van der Waals surface area contributed by atoms with E-state index in [2.05, 4.69) is 12.2 Å². The summed E-state index contributed by atoms with van der Waals surface area (Å²) in [5.41, 5.74) is 0.316. The maximum atomic E-state index is 9.98. The van der Waals surface area contributed by atoms with Gasteiger partial charge in [0.1, 0.15) is 6.61 Å². The first kappa shape index (κ1) is 15.8. The van der Waals surface area contributed by atoms with E-state index in [4.69, 9.17) is 9.47 Å². The highest BCUT2D eigenvalue weighted by Crippen LogP contribution is 2.29. The molecule has 4 heteroatoms. The van der Waals surface area contributed by atoms with Gasteiger partial charge in [-0.15, -0.1) is 0 Å². The lowest BCUT2D eigenvalue weighted by atomic mass is 10.1. The zero-order chi connectivity index (χ0) is 14.3. The van der Waals surface area contributed by atoms with Crippen LogP contribution in [0.15, 0.2) is 18.2 Å². The van der Waals surface area contributed by atoms with Crippen LogP contribution >= 0.6 is 0 Å². The number of hydrogen-bond donors (Lipinski definition) is 2. The van der Waals surface area contributed by atoms with Crippen LogP contribution in [0.1, 0.15) is 32.8 Å². The van der Waals surface area contributed by atoms with Crippen molar-refractivity contribution in [3.05, 3.63) is 23.8 Å². The quantitative estimate of drug-likeness (QED) is 0.759. The van der Waals surface area contributed by atoms with Gasteiger partial charge in [0.05, 0.1) is 12.7 Å². The Morgan fingerprint density at radius 3 is 2.58 bits per heavy atom. The normalized spacial score (nSPS) is 13.9. The molecule has 0 aromatic heterocycles. The fraction of sp³-hybridized carbons (Fsp3) is 0.600. The Bertz CT molecular complexity index is 391. The molecule has 1 unspecified atom stereocenters. The maximum absolute atomic E-state index is 9.98. The fourth-order valence-electron chi connectivity index (χ4n) is 1.55. The van der Waals surface area contributed by atoms with Crippen LogP contribution in [-0.4, -0.2) is 31.0 Å². The molecule has 2 N–H and O–H groups in total. The average molecular weight is 267 g/mol. The number of rotatable bonds is 8. The Kier molecular flexibility index (Phi) is 6.12. The van der Waals surface area contributed by atoms with Crippen LogP contribution in [0.25, 0.3) is 0 Å². The summed E-state index contributed by atoms with van der Waals surface area (Å²) < 4.78 is 11.0. The molecule has 4 nitrogen and oxygen atoms in total. The predicted molar refractivity (Wildman–Crippen MR) is 76.8 cm³/mol. The van der Waals surface area contributed by atoms with E-state index >= 15 is 0 Å². The smallest absolute Gasteiger partial charge is 0.161 e. The molecule has 0 amide bonds. The summed E-state index contributed by atoms with van der Waals surface area (Å²) in [7, 11) is 1.62. The van der Waals surface area contributed by atoms with E-state index in [-0.39, 0.29) is 6.61 Å². The molecule has 19 heavy (non-hydrogen) atoms. The zero-order valence-corrected chi connectivity index (χ0v) is 12.3. The van der Waals surface area contributed by atoms with Crippen molar-refractivity contribution in [1.82, 2.24) is 5.32 Å². The van der Waals surface area contributed by atoms with Gasteiger partial charge < -0.3 is 19.9 Å². The third-order valence-corrected chi connectivity index (χ3v) is 3.11. The van der Waals surface area contributed by atoms with Crippen LogP contribution in [0.4, 0.5) is 0 Å². The summed E-state index contributed by atoms with van der Waals surface area (Å²) in [4.78, 5) is 0. The summed E-state index contributed by atoms with van der Waals surface area (Å²) in [6.07, 6.45) is 0.645. The molecule has 0 heterocycles. The molecule has 0 saturated carbocycles. The first-order valence-electron chi connectivity index (χ1n) is 6.75. The SMILES string of the molecule is CCNCc1ccc(OC)c(OCC(C)(O)CC)c1. The predicted octanol–water partition coefficient (Wildman–Crippen LogP) is 2.34. The van der Waals surface area contributed by atoms with E-state index in [0.29, 0.717) is 17.9 Å². The molecule has 0 aliphatic heterocycles. The molecule has 1 aromatic carbocycles. The first-order chi connectivity index (χ1) is 9.02. The molecule has 0 fully saturated rings. The number of nitrogens with one attached hydrogen (secondary N) is 1. The second-order valence-corrected chi connectivity index (χ2v) is 4.90. The van der Waals surface area contributed by atoms with E-state index in [1.165, 1.54) is 0 Å². The van der Waals surface area contributed by atoms with Crippen LogP contribution in [0.5, 0.6) is 11.5 Å². The molecule has 0 aliphatic rings. The Morgan fingerprint density at radius 1 is 1.26 bits per heavy atom. The van der Waals surface area contributed by atoms with E-state index < -0.39 is 5.60 Å². The highest BCUT2D eigenvalue weighted by Gasteiger charge is 2.19. The van der Waals surface area contributed by atoms with Gasteiger partial charge in [-0.1, -0.05) is 19.9 Å². The molecule has 0 aliphatic carbocycles. The van der Waals surface area contributed by atoms with Crippen LogP contribution in [0.3, 0.4) is 0 Å². The van der Waals surface area contributed by atoms with E-state index in [9.17, 15) is 5.11 Å². The van der Waals surface area contributed by atoms with Crippen molar-refractivity contribution in [1.29, 1.82) is 0 Å². The van der Waals surface area contributed by atoms with Crippen LogP contribution in [-0.2, 0) is 6.54 Å². The first-order valence-corrected chi connectivity index (χ1v) is 6.75. The lowest BCUT2D eigenvalue weighted by Gasteiger charge is -2.22. The Balaban J connectivity index is 2.78. The number of benzene rings is 1. The Morgan fingerprint density at radius 2 is 2.00 bits per heavy atom. The van der Waals surface area contributed by atoms with Gasteiger partial charge in [0.2, 0.25) is 0 Å². The molecule has 0 spiro atoms. The topological polar surface area (TPSA) is 50.7 Å². The van der Waals surface area contributed by atoms with Crippen molar-refractivity contribution in [3.63, 3.8) is 0 Å². The third kappa shape index (κ3) is 5.09. The van der Waals surface area contributed by atoms with Crippen molar-refractivity contribution >= 4 is 0 Å². The van der Waals surface area contributed by atoms with Crippen molar-refractivity contribution in [2.24, 2.45) is 0 Å². The molecule has 1 aromatic rings. The molecular weight excluding hydrogens is 242 g/mol. The summed E-state index contributed by atoms with van der Waals surface area (Å²) >= 11 is 0. The van der Waals surface area contributed by atoms with Crippen LogP contribution in [0, 0.1) is 0 Å². The second-order valence-electron chi connectivity index (χ2n) is 4.90. The zero-order valence-electron chi connectivity index (χ0n) is 12.3. The molecule has 108 valence electrons. The molecule has 0 radical (unpaired) electrons. The molecule has 0 saturated heterocycles. The number of ether oxygens (including phenoxy) is 2. The second kappa shape index (κ2) is 7.36. The standard InChI is InChI=1S/C15H25NO3/c1-5-15(3,17)11-19-14-9-12(10-16-6-2)7-8-13(14)18-4/h7-9,16-17H,5-6,10-11H2,1-4H3. The van der Waals surface area contributed by atoms with Crippen LogP contribution < -0.4 is 14.8 Å². The van der Waals surface area contributed by atoms with Gasteiger partial charge >= 0.3 is 0 Å². The number of aliphatic hydroxyl groups is 1. The van der Waals surface area contributed by atoms with E-state index in [0.717, 1.165) is 18.7 Å². The number of methoxy groups -OCH3 is 1. The van der Waals surface area contributed by atoms with Gasteiger partial charge in [0, 0.05) is 6.54 Å². The lowest BCUT2D eigenvalue weighted by Crippen LogP contribution is -2.31.